The second-order valence-electron chi connectivity index (χ2n) is 5.80. The number of nitrogens with one attached hydrogen (secondary N) is 1. The Bertz CT molecular complexity index is 631. The molecule has 0 aliphatic carbocycles. The molecule has 0 aliphatic heterocycles. The van der Waals surface area contributed by atoms with Gasteiger partial charge in [-0.25, -0.2) is 13.1 Å². The van der Waals surface area contributed by atoms with E-state index in [2.05, 4.69) is 4.72 Å². The predicted octanol–water partition coefficient (Wildman–Crippen LogP) is 2.39. The molecule has 0 heterocycles. The molecule has 0 fully saturated rings. The van der Waals surface area contributed by atoms with Gasteiger partial charge in [0.15, 0.2) is 0 Å². The highest BCUT2D eigenvalue weighted by atomic mass is 35.5. The Kier molecular flexibility index (Phi) is 9.64. The predicted molar refractivity (Wildman–Crippen MR) is 104 cm³/mol. The average Bonchev–Trinajstić information content (AvgIpc) is 2.61. The number of amides is 1. The van der Waals surface area contributed by atoms with Crippen molar-refractivity contribution < 1.29 is 13.2 Å². The van der Waals surface area contributed by atoms with E-state index >= 15 is 0 Å². The molecule has 0 radical (unpaired) electrons. The van der Waals surface area contributed by atoms with Crippen molar-refractivity contribution in [3.63, 3.8) is 0 Å². The van der Waals surface area contributed by atoms with Crippen molar-refractivity contribution in [3.05, 3.63) is 29.8 Å². The van der Waals surface area contributed by atoms with E-state index in [1.165, 1.54) is 12.1 Å². The highest BCUT2D eigenvalue weighted by Crippen LogP contribution is 2.19. The fraction of sp³-hybridized carbons (Fsp3) is 0.588. The highest BCUT2D eigenvalue weighted by molar-refractivity contribution is 7.89. The maximum Gasteiger partial charge on any atom is 0.253 e. The van der Waals surface area contributed by atoms with Crippen LogP contribution in [0.3, 0.4) is 0 Å². The molecule has 0 spiro atoms. The van der Waals surface area contributed by atoms with Crippen LogP contribution in [-0.4, -0.2) is 44.4 Å². The first-order valence-electron chi connectivity index (χ1n) is 8.42. The van der Waals surface area contributed by atoms with Crippen LogP contribution in [0.4, 0.5) is 0 Å². The van der Waals surface area contributed by atoms with Crippen molar-refractivity contribution in [3.8, 4) is 0 Å². The molecule has 1 rings (SSSR count). The normalized spacial score (nSPS) is 11.7. The summed E-state index contributed by atoms with van der Waals surface area (Å²) in [6.45, 7) is 9.09. The zero-order valence-electron chi connectivity index (χ0n) is 15.4. The number of hydrogen-bond donors (Lipinski definition) is 2. The summed E-state index contributed by atoms with van der Waals surface area (Å²) < 4.78 is 27.9. The quantitative estimate of drug-likeness (QED) is 0.675. The van der Waals surface area contributed by atoms with Crippen molar-refractivity contribution in [2.24, 2.45) is 5.73 Å². The van der Waals surface area contributed by atoms with Gasteiger partial charge in [-0.3, -0.25) is 4.79 Å². The third-order valence-corrected chi connectivity index (χ3v) is 6.15. The minimum atomic E-state index is -3.68. The molecule has 0 bridgehead atoms. The fourth-order valence-corrected chi connectivity index (χ4v) is 4.09. The second-order valence-corrected chi connectivity index (χ2v) is 7.48. The van der Waals surface area contributed by atoms with Crippen molar-refractivity contribution >= 4 is 28.3 Å². The molecule has 144 valence electrons. The van der Waals surface area contributed by atoms with Gasteiger partial charge >= 0.3 is 0 Å². The lowest BCUT2D eigenvalue weighted by Gasteiger charge is -2.31. The molecule has 8 heteroatoms. The lowest BCUT2D eigenvalue weighted by Crippen LogP contribution is -2.52. The van der Waals surface area contributed by atoms with E-state index in [0.29, 0.717) is 31.5 Å². The Balaban J connectivity index is 0.00000576. The van der Waals surface area contributed by atoms with Crippen LogP contribution in [-0.2, 0) is 10.0 Å². The zero-order chi connectivity index (χ0) is 18.4. The van der Waals surface area contributed by atoms with Crippen LogP contribution in [0.1, 0.15) is 50.9 Å². The number of hydrogen-bond acceptors (Lipinski definition) is 4. The SMILES string of the molecule is CCN(CC)C(=O)c1ccc(S(=O)(=O)NC(CC)(CC)CN)cc1.Cl. The number of benzene rings is 1. The van der Waals surface area contributed by atoms with E-state index in [1.54, 1.807) is 17.0 Å². The van der Waals surface area contributed by atoms with Crippen LogP contribution in [0.5, 0.6) is 0 Å². The Morgan fingerprint density at radius 2 is 1.56 bits per heavy atom. The van der Waals surface area contributed by atoms with Crippen molar-refractivity contribution in [1.29, 1.82) is 0 Å². The van der Waals surface area contributed by atoms with Gasteiger partial charge in [-0.1, -0.05) is 13.8 Å². The molecule has 1 amide bonds. The fourth-order valence-electron chi connectivity index (χ4n) is 2.54. The van der Waals surface area contributed by atoms with E-state index < -0.39 is 15.6 Å². The number of halogens is 1. The monoisotopic (exact) mass is 391 g/mol. The molecule has 0 atom stereocenters. The van der Waals surface area contributed by atoms with Gasteiger partial charge in [-0.05, 0) is 51.0 Å². The van der Waals surface area contributed by atoms with Gasteiger partial charge in [0, 0.05) is 30.7 Å². The molecule has 0 aliphatic rings. The average molecular weight is 392 g/mol. The smallest absolute Gasteiger partial charge is 0.253 e. The van der Waals surface area contributed by atoms with E-state index in [9.17, 15) is 13.2 Å². The van der Waals surface area contributed by atoms with Crippen molar-refractivity contribution in [2.75, 3.05) is 19.6 Å². The minimum absolute atomic E-state index is 0. The third-order valence-electron chi connectivity index (χ3n) is 4.56. The molecular weight excluding hydrogens is 362 g/mol. The van der Waals surface area contributed by atoms with Crippen LogP contribution in [0.2, 0.25) is 0 Å². The van der Waals surface area contributed by atoms with Gasteiger partial charge in [0.2, 0.25) is 10.0 Å². The highest BCUT2D eigenvalue weighted by Gasteiger charge is 2.30. The van der Waals surface area contributed by atoms with Crippen molar-refractivity contribution in [1.82, 2.24) is 9.62 Å². The van der Waals surface area contributed by atoms with Gasteiger partial charge in [0.1, 0.15) is 0 Å². The number of carbonyl (C=O) groups excluding carboxylic acids is 1. The first-order chi connectivity index (χ1) is 11.3. The molecule has 0 aromatic heterocycles. The molecule has 3 N–H and O–H groups in total. The standard InChI is InChI=1S/C17H29N3O3S.ClH/c1-5-17(6-2,13-18)19-24(22,23)15-11-9-14(10-12-15)16(21)20(7-3)8-4;/h9-12,19H,5-8,13,18H2,1-4H3;1H. The zero-order valence-corrected chi connectivity index (χ0v) is 17.0. The second kappa shape index (κ2) is 10.1. The van der Waals surface area contributed by atoms with Crippen LogP contribution in [0, 0.1) is 0 Å². The summed E-state index contributed by atoms with van der Waals surface area (Å²) in [5, 5.41) is 0. The maximum atomic E-state index is 12.6. The number of nitrogens with zero attached hydrogens (tertiary/aromatic N) is 1. The Hall–Kier alpha value is -1.15. The molecule has 6 nitrogen and oxygen atoms in total. The van der Waals surface area contributed by atoms with Crippen molar-refractivity contribution in [2.45, 2.75) is 51.0 Å². The molecule has 0 saturated heterocycles. The molecular formula is C17H30ClN3O3S. The maximum absolute atomic E-state index is 12.6. The van der Waals surface area contributed by atoms with Crippen LogP contribution < -0.4 is 10.5 Å². The summed E-state index contributed by atoms with van der Waals surface area (Å²) >= 11 is 0. The number of carbonyl (C=O) groups is 1. The third kappa shape index (κ3) is 5.67. The minimum Gasteiger partial charge on any atom is -0.339 e. The van der Waals surface area contributed by atoms with Crippen LogP contribution in [0.15, 0.2) is 29.2 Å². The largest absolute Gasteiger partial charge is 0.339 e. The molecule has 1 aromatic rings. The summed E-state index contributed by atoms with van der Waals surface area (Å²) in [5.41, 5.74) is 5.60. The number of sulfonamides is 1. The Morgan fingerprint density at radius 1 is 1.08 bits per heavy atom. The lowest BCUT2D eigenvalue weighted by molar-refractivity contribution is 0.0773. The summed E-state index contributed by atoms with van der Waals surface area (Å²) in [6.07, 6.45) is 1.22. The van der Waals surface area contributed by atoms with Gasteiger partial charge in [0.25, 0.3) is 5.91 Å². The molecule has 25 heavy (non-hydrogen) atoms. The number of nitrogens with two attached hydrogens (primary N) is 1. The summed E-state index contributed by atoms with van der Waals surface area (Å²) in [5.74, 6) is -0.102. The summed E-state index contributed by atoms with van der Waals surface area (Å²) in [4.78, 5) is 14.1. The van der Waals surface area contributed by atoms with E-state index in [1.807, 2.05) is 27.7 Å². The molecule has 0 unspecified atom stereocenters. The van der Waals surface area contributed by atoms with Gasteiger partial charge in [-0.2, -0.15) is 0 Å². The van der Waals surface area contributed by atoms with E-state index in [4.69, 9.17) is 5.73 Å². The van der Waals surface area contributed by atoms with Gasteiger partial charge < -0.3 is 10.6 Å². The van der Waals surface area contributed by atoms with Crippen LogP contribution >= 0.6 is 12.4 Å². The summed E-state index contributed by atoms with van der Waals surface area (Å²) in [6, 6.07) is 6.03. The van der Waals surface area contributed by atoms with Crippen LogP contribution in [0.25, 0.3) is 0 Å². The molecule has 1 aromatic carbocycles. The first-order valence-corrected chi connectivity index (χ1v) is 9.90. The van der Waals surface area contributed by atoms with E-state index in [0.717, 1.165) is 0 Å². The lowest BCUT2D eigenvalue weighted by atomic mass is 9.95. The molecule has 0 saturated carbocycles. The first kappa shape index (κ1) is 23.9. The van der Waals surface area contributed by atoms with E-state index in [-0.39, 0.29) is 29.8 Å². The van der Waals surface area contributed by atoms with Gasteiger partial charge in [0.05, 0.1) is 4.90 Å². The van der Waals surface area contributed by atoms with Gasteiger partial charge in [-0.15, -0.1) is 12.4 Å². The Labute approximate surface area is 157 Å². The Morgan fingerprint density at radius 3 is 1.92 bits per heavy atom. The summed E-state index contributed by atoms with van der Waals surface area (Å²) in [7, 11) is -3.68. The number of rotatable bonds is 9. The topological polar surface area (TPSA) is 92.5 Å².